The van der Waals surface area contributed by atoms with Gasteiger partial charge in [-0.2, -0.15) is 0 Å². The molecule has 0 radical (unpaired) electrons. The fraction of sp³-hybridized carbons (Fsp3) is 0.364. The Bertz CT molecular complexity index is 441. The molecule has 0 fully saturated rings. The molecule has 0 aliphatic carbocycles. The van der Waals surface area contributed by atoms with E-state index in [1.807, 2.05) is 25.0 Å². The van der Waals surface area contributed by atoms with Crippen molar-refractivity contribution in [1.29, 1.82) is 0 Å². The Labute approximate surface area is 105 Å². The van der Waals surface area contributed by atoms with Crippen LogP contribution in [0.4, 0.5) is 0 Å². The first-order valence-electron chi connectivity index (χ1n) is 5.45. The molecule has 0 spiro atoms. The molecule has 4 nitrogen and oxygen atoms in total. The van der Waals surface area contributed by atoms with Crippen molar-refractivity contribution in [3.05, 3.63) is 23.8 Å². The van der Waals surface area contributed by atoms with Crippen LogP contribution in [0.5, 0.6) is 0 Å². The minimum Gasteiger partial charge on any atom is -0.481 e. The Kier molecular flexibility index (Phi) is 3.76. The fourth-order valence-corrected chi connectivity index (χ4v) is 2.67. The first-order chi connectivity index (χ1) is 8.11. The lowest BCUT2D eigenvalue weighted by molar-refractivity contribution is -0.133. The van der Waals surface area contributed by atoms with E-state index in [4.69, 9.17) is 15.5 Å². The lowest BCUT2D eigenvalue weighted by Crippen LogP contribution is -2.24. The van der Waals surface area contributed by atoms with E-state index < -0.39 is 5.97 Å². The Balaban J connectivity index is 2.19. The molecule has 0 saturated heterocycles. The van der Waals surface area contributed by atoms with Crippen LogP contribution in [0, 0.1) is 0 Å². The van der Waals surface area contributed by atoms with Crippen molar-refractivity contribution in [3.63, 3.8) is 0 Å². The largest absolute Gasteiger partial charge is 0.481 e. The molecule has 1 aliphatic rings. The number of fused-ring (bicyclic) bond motifs is 1. The summed E-state index contributed by atoms with van der Waals surface area (Å²) in [6.45, 7) is 2.49. The van der Waals surface area contributed by atoms with E-state index in [1.165, 1.54) is 11.8 Å². The Hall–Kier alpha value is -0.975. The minimum atomic E-state index is -0.806. The standard InChI is InChI=1S/C11H14BNO3S/c1-12-9-4-7(17-6-11(14)15)2-3-8(9)10(5-13)16-12/h2-4,10H,5-6,13H2,1H3,(H,14,15)/t10-/m1/s1. The zero-order chi connectivity index (χ0) is 12.4. The van der Waals surface area contributed by atoms with Gasteiger partial charge in [0.25, 0.3) is 0 Å². The van der Waals surface area contributed by atoms with Gasteiger partial charge in [-0.1, -0.05) is 19.0 Å². The van der Waals surface area contributed by atoms with Crippen LogP contribution in [0.3, 0.4) is 0 Å². The highest BCUT2D eigenvalue weighted by molar-refractivity contribution is 8.00. The van der Waals surface area contributed by atoms with Gasteiger partial charge in [0.15, 0.2) is 0 Å². The van der Waals surface area contributed by atoms with E-state index in [2.05, 4.69) is 0 Å². The van der Waals surface area contributed by atoms with Crippen molar-refractivity contribution in [2.24, 2.45) is 5.73 Å². The van der Waals surface area contributed by atoms with Crippen LogP contribution in [0.2, 0.25) is 6.82 Å². The number of nitrogens with two attached hydrogens (primary N) is 1. The van der Waals surface area contributed by atoms with Gasteiger partial charge in [-0.05, 0) is 17.1 Å². The lowest BCUT2D eigenvalue weighted by atomic mass is 9.64. The summed E-state index contributed by atoms with van der Waals surface area (Å²) in [7, 11) is 0. The number of hydrogen-bond acceptors (Lipinski definition) is 4. The van der Waals surface area contributed by atoms with Crippen LogP contribution >= 0.6 is 11.8 Å². The number of benzene rings is 1. The fourth-order valence-electron chi connectivity index (χ4n) is 2.01. The van der Waals surface area contributed by atoms with E-state index >= 15 is 0 Å². The summed E-state index contributed by atoms with van der Waals surface area (Å²) in [6.07, 6.45) is -0.0291. The van der Waals surface area contributed by atoms with Crippen molar-refractivity contribution < 1.29 is 14.6 Å². The maximum Gasteiger partial charge on any atom is 0.324 e. The molecule has 90 valence electrons. The van der Waals surface area contributed by atoms with E-state index in [-0.39, 0.29) is 18.8 Å². The highest BCUT2D eigenvalue weighted by Crippen LogP contribution is 2.26. The lowest BCUT2D eigenvalue weighted by Gasteiger charge is -2.09. The molecule has 0 unspecified atom stereocenters. The molecule has 1 heterocycles. The molecule has 0 amide bonds. The van der Waals surface area contributed by atoms with Gasteiger partial charge in [-0.3, -0.25) is 4.79 Å². The second kappa shape index (κ2) is 5.12. The molecule has 0 aromatic heterocycles. The maximum atomic E-state index is 10.5. The van der Waals surface area contributed by atoms with Gasteiger partial charge in [-0.25, -0.2) is 0 Å². The predicted octanol–water partition coefficient (Wildman–Crippen LogP) is 0.722. The summed E-state index contributed by atoms with van der Waals surface area (Å²) >= 11 is 1.32. The first-order valence-corrected chi connectivity index (χ1v) is 6.44. The van der Waals surface area contributed by atoms with Crippen molar-refractivity contribution in [3.8, 4) is 0 Å². The van der Waals surface area contributed by atoms with Crippen molar-refractivity contribution in [1.82, 2.24) is 0 Å². The van der Waals surface area contributed by atoms with Gasteiger partial charge in [0.1, 0.15) is 0 Å². The molecule has 0 bridgehead atoms. The van der Waals surface area contributed by atoms with Gasteiger partial charge >= 0.3 is 12.9 Å². The summed E-state index contributed by atoms with van der Waals surface area (Å²) in [5.41, 5.74) is 7.89. The summed E-state index contributed by atoms with van der Waals surface area (Å²) < 4.78 is 5.71. The summed E-state index contributed by atoms with van der Waals surface area (Å²) in [5.74, 6) is -0.728. The molecule has 1 aliphatic heterocycles. The number of rotatable bonds is 4. The SMILES string of the molecule is CB1O[C@H](CN)c2ccc(SCC(=O)O)cc21. The summed E-state index contributed by atoms with van der Waals surface area (Å²) in [6, 6.07) is 5.92. The third-order valence-electron chi connectivity index (χ3n) is 2.79. The highest BCUT2D eigenvalue weighted by atomic mass is 32.2. The molecule has 2 rings (SSSR count). The van der Waals surface area contributed by atoms with E-state index in [1.54, 1.807) is 0 Å². The number of hydrogen-bond donors (Lipinski definition) is 2. The predicted molar refractivity (Wildman–Crippen MR) is 68.9 cm³/mol. The number of carboxylic acids is 1. The molecule has 6 heteroatoms. The van der Waals surface area contributed by atoms with Crippen molar-refractivity contribution >= 4 is 30.1 Å². The Morgan fingerprint density at radius 3 is 3.06 bits per heavy atom. The van der Waals surface area contributed by atoms with Crippen LogP contribution in [0.25, 0.3) is 0 Å². The number of aliphatic carboxylic acids is 1. The van der Waals surface area contributed by atoms with E-state index in [0.29, 0.717) is 6.54 Å². The number of carboxylic acid groups (broad SMARTS) is 1. The van der Waals surface area contributed by atoms with Gasteiger partial charge in [0.2, 0.25) is 0 Å². The zero-order valence-electron chi connectivity index (χ0n) is 9.55. The van der Waals surface area contributed by atoms with Crippen LogP contribution in [0.15, 0.2) is 23.1 Å². The maximum absolute atomic E-state index is 10.5. The van der Waals surface area contributed by atoms with Gasteiger partial charge < -0.3 is 15.5 Å². The second-order valence-corrected chi connectivity index (χ2v) is 5.02. The number of carbonyl (C=O) groups is 1. The monoisotopic (exact) mass is 251 g/mol. The topological polar surface area (TPSA) is 72.5 Å². The smallest absolute Gasteiger partial charge is 0.324 e. The highest BCUT2D eigenvalue weighted by Gasteiger charge is 2.30. The third-order valence-corrected chi connectivity index (χ3v) is 3.77. The van der Waals surface area contributed by atoms with E-state index in [9.17, 15) is 4.79 Å². The quantitative estimate of drug-likeness (QED) is 0.609. The van der Waals surface area contributed by atoms with E-state index in [0.717, 1.165) is 15.9 Å². The van der Waals surface area contributed by atoms with Crippen LogP contribution in [-0.4, -0.2) is 30.3 Å². The van der Waals surface area contributed by atoms with Gasteiger partial charge in [0, 0.05) is 11.4 Å². The second-order valence-electron chi connectivity index (χ2n) is 3.98. The average molecular weight is 251 g/mol. The summed E-state index contributed by atoms with van der Waals surface area (Å²) in [4.78, 5) is 11.5. The van der Waals surface area contributed by atoms with Crippen molar-refractivity contribution in [2.75, 3.05) is 12.3 Å². The molecule has 1 aromatic rings. The zero-order valence-corrected chi connectivity index (χ0v) is 10.4. The van der Waals surface area contributed by atoms with Crippen LogP contribution < -0.4 is 11.2 Å². The number of thioether (sulfide) groups is 1. The molecule has 1 atom stereocenters. The summed E-state index contributed by atoms with van der Waals surface area (Å²) in [5, 5.41) is 8.64. The third kappa shape index (κ3) is 2.65. The molecule has 17 heavy (non-hydrogen) atoms. The van der Waals surface area contributed by atoms with Crippen molar-refractivity contribution in [2.45, 2.75) is 17.8 Å². The Morgan fingerprint density at radius 1 is 1.65 bits per heavy atom. The minimum absolute atomic E-state index is 0.0291. The van der Waals surface area contributed by atoms with Crippen LogP contribution in [-0.2, 0) is 9.45 Å². The molecular weight excluding hydrogens is 237 g/mol. The van der Waals surface area contributed by atoms with Gasteiger partial charge in [-0.15, -0.1) is 11.8 Å². The van der Waals surface area contributed by atoms with Crippen LogP contribution in [0.1, 0.15) is 11.7 Å². The molecule has 3 N–H and O–H groups in total. The average Bonchev–Trinajstić information content (AvgIpc) is 2.63. The molecular formula is C11H14BNO3S. The molecule has 1 aromatic carbocycles. The molecule has 0 saturated carbocycles. The van der Waals surface area contributed by atoms with Gasteiger partial charge in [0.05, 0.1) is 11.9 Å². The Morgan fingerprint density at radius 2 is 2.41 bits per heavy atom. The first kappa shape index (κ1) is 12.5. The normalized spacial score (nSPS) is 18.2.